The number of nitro groups is 1. The zero-order valence-corrected chi connectivity index (χ0v) is 14.1. The second-order valence-electron chi connectivity index (χ2n) is 5.40. The maximum absolute atomic E-state index is 12.1. The first-order valence-electron chi connectivity index (χ1n) is 7.67. The van der Waals surface area contributed by atoms with E-state index in [-0.39, 0.29) is 22.9 Å². The maximum Gasteiger partial charge on any atom is 0.419 e. The van der Waals surface area contributed by atoms with Gasteiger partial charge in [0.1, 0.15) is 0 Å². The van der Waals surface area contributed by atoms with Gasteiger partial charge in [-0.3, -0.25) is 14.7 Å². The largest absolute Gasteiger partial charge is 0.462 e. The van der Waals surface area contributed by atoms with Crippen LogP contribution in [0.4, 0.5) is 5.69 Å². The van der Waals surface area contributed by atoms with Gasteiger partial charge in [0.15, 0.2) is 5.58 Å². The molecule has 0 aliphatic carbocycles. The van der Waals surface area contributed by atoms with Crippen LogP contribution in [-0.2, 0) is 11.3 Å². The van der Waals surface area contributed by atoms with Crippen LogP contribution in [-0.4, -0.2) is 22.1 Å². The first kappa shape index (κ1) is 17.7. The highest BCUT2D eigenvalue weighted by Crippen LogP contribution is 2.22. The number of oxazole rings is 1. The molecular weight excluding hydrogens is 364 g/mol. The number of hydrogen-bond donors (Lipinski definition) is 0. The Labute approximate surface area is 151 Å². The number of rotatable bonds is 6. The fourth-order valence-electron chi connectivity index (χ4n) is 2.47. The van der Waals surface area contributed by atoms with E-state index in [1.807, 2.05) is 0 Å². The summed E-state index contributed by atoms with van der Waals surface area (Å²) >= 11 is 5.89. The van der Waals surface area contributed by atoms with E-state index in [1.54, 1.807) is 24.3 Å². The highest BCUT2D eigenvalue weighted by molar-refractivity contribution is 6.33. The van der Waals surface area contributed by atoms with E-state index in [4.69, 9.17) is 20.8 Å². The van der Waals surface area contributed by atoms with E-state index in [0.29, 0.717) is 24.1 Å². The van der Waals surface area contributed by atoms with Crippen LogP contribution in [0.3, 0.4) is 0 Å². The van der Waals surface area contributed by atoms with Crippen LogP contribution in [0.1, 0.15) is 16.8 Å². The lowest BCUT2D eigenvalue weighted by Gasteiger charge is -2.07. The fourth-order valence-corrected chi connectivity index (χ4v) is 2.67. The molecule has 0 fully saturated rings. The molecule has 0 saturated carbocycles. The Kier molecular flexibility index (Phi) is 5.04. The molecule has 0 radical (unpaired) electrons. The quantitative estimate of drug-likeness (QED) is 0.282. The van der Waals surface area contributed by atoms with Crippen molar-refractivity contribution in [3.05, 3.63) is 73.7 Å². The number of aryl methyl sites for hydroxylation is 1. The van der Waals surface area contributed by atoms with Crippen molar-refractivity contribution in [2.45, 2.75) is 13.0 Å². The fraction of sp³-hybridized carbons (Fsp3) is 0.176. The second kappa shape index (κ2) is 7.40. The molecule has 8 nitrogen and oxygen atoms in total. The van der Waals surface area contributed by atoms with Gasteiger partial charge >= 0.3 is 11.7 Å². The molecule has 1 aromatic heterocycles. The summed E-state index contributed by atoms with van der Waals surface area (Å²) < 4.78 is 11.7. The molecule has 0 aliphatic heterocycles. The van der Waals surface area contributed by atoms with Gasteiger partial charge < -0.3 is 9.15 Å². The van der Waals surface area contributed by atoms with Crippen LogP contribution in [0.5, 0.6) is 0 Å². The molecule has 0 spiro atoms. The summed E-state index contributed by atoms with van der Waals surface area (Å²) in [6, 6.07) is 10.5. The minimum Gasteiger partial charge on any atom is -0.462 e. The van der Waals surface area contributed by atoms with Crippen LogP contribution in [0.15, 0.2) is 51.7 Å². The number of fused-ring (bicyclic) bond motifs is 1. The van der Waals surface area contributed by atoms with Gasteiger partial charge in [-0.2, -0.15) is 0 Å². The predicted molar refractivity (Wildman–Crippen MR) is 93.5 cm³/mol. The summed E-state index contributed by atoms with van der Waals surface area (Å²) in [6.45, 7) is 0.315. The standard InChI is InChI=1S/C17H13ClN2O6/c18-13-7-6-11(20(23)24)10-12(13)16(21)25-9-3-8-19-14-4-1-2-5-15(14)26-17(19)22/h1-2,4-7,10H,3,8-9H2. The zero-order chi connectivity index (χ0) is 18.7. The van der Waals surface area contributed by atoms with Crippen molar-refractivity contribution < 1.29 is 18.9 Å². The Bertz CT molecular complexity index is 1040. The van der Waals surface area contributed by atoms with E-state index in [9.17, 15) is 19.7 Å². The van der Waals surface area contributed by atoms with E-state index in [2.05, 4.69) is 0 Å². The number of non-ortho nitro benzene ring substituents is 1. The number of carbonyl (C=O) groups excluding carboxylic acids is 1. The third kappa shape index (κ3) is 3.60. The maximum atomic E-state index is 12.1. The van der Waals surface area contributed by atoms with Crippen molar-refractivity contribution in [2.75, 3.05) is 6.61 Å². The molecule has 134 valence electrons. The molecule has 26 heavy (non-hydrogen) atoms. The van der Waals surface area contributed by atoms with Gasteiger partial charge in [0, 0.05) is 18.7 Å². The van der Waals surface area contributed by atoms with E-state index in [0.717, 1.165) is 6.07 Å². The second-order valence-corrected chi connectivity index (χ2v) is 5.81. The molecule has 2 aromatic carbocycles. The summed E-state index contributed by atoms with van der Waals surface area (Å²) in [5, 5.41) is 10.9. The lowest BCUT2D eigenvalue weighted by molar-refractivity contribution is -0.384. The number of esters is 1. The Morgan fingerprint density at radius 1 is 1.27 bits per heavy atom. The Hall–Kier alpha value is -3.13. The number of benzene rings is 2. The molecule has 3 rings (SSSR count). The summed E-state index contributed by atoms with van der Waals surface area (Å²) in [6.07, 6.45) is 0.363. The molecule has 0 atom stereocenters. The average Bonchev–Trinajstić information content (AvgIpc) is 2.94. The van der Waals surface area contributed by atoms with Crippen LogP contribution < -0.4 is 5.76 Å². The molecule has 0 bridgehead atoms. The molecule has 0 amide bonds. The topological polar surface area (TPSA) is 105 Å². The van der Waals surface area contributed by atoms with Gasteiger partial charge in [-0.05, 0) is 24.6 Å². The first-order chi connectivity index (χ1) is 12.5. The highest BCUT2D eigenvalue weighted by atomic mass is 35.5. The number of aromatic nitrogens is 1. The third-order valence-electron chi connectivity index (χ3n) is 3.71. The molecular formula is C17H13ClN2O6. The summed E-state index contributed by atoms with van der Waals surface area (Å²) in [5.74, 6) is -1.25. The smallest absolute Gasteiger partial charge is 0.419 e. The molecule has 9 heteroatoms. The van der Waals surface area contributed by atoms with Gasteiger partial charge in [0.2, 0.25) is 0 Å². The van der Waals surface area contributed by atoms with Crippen LogP contribution in [0, 0.1) is 10.1 Å². The van der Waals surface area contributed by atoms with Gasteiger partial charge in [-0.15, -0.1) is 0 Å². The molecule has 0 saturated heterocycles. The molecule has 3 aromatic rings. The SMILES string of the molecule is O=C(OCCCn1c(=O)oc2ccccc21)c1cc([N+](=O)[O-])ccc1Cl. The van der Waals surface area contributed by atoms with Crippen molar-refractivity contribution in [3.8, 4) is 0 Å². The van der Waals surface area contributed by atoms with E-state index < -0.39 is 16.6 Å². The average molecular weight is 377 g/mol. The lowest BCUT2D eigenvalue weighted by atomic mass is 10.2. The number of nitrogens with zero attached hydrogens (tertiary/aromatic N) is 2. The summed E-state index contributed by atoms with van der Waals surface area (Å²) in [5.41, 5.74) is 0.813. The van der Waals surface area contributed by atoms with Crippen molar-refractivity contribution in [1.82, 2.24) is 4.57 Å². The van der Waals surface area contributed by atoms with Crippen molar-refractivity contribution >= 4 is 34.4 Å². The van der Waals surface area contributed by atoms with Gasteiger partial charge in [-0.1, -0.05) is 23.7 Å². The predicted octanol–water partition coefficient (Wildman–Crippen LogP) is 3.40. The van der Waals surface area contributed by atoms with Crippen LogP contribution in [0.25, 0.3) is 11.1 Å². The third-order valence-corrected chi connectivity index (χ3v) is 4.04. The van der Waals surface area contributed by atoms with Crippen molar-refractivity contribution in [1.29, 1.82) is 0 Å². The van der Waals surface area contributed by atoms with Crippen LogP contribution in [0.2, 0.25) is 5.02 Å². The monoisotopic (exact) mass is 376 g/mol. The number of nitro benzene ring substituents is 1. The Morgan fingerprint density at radius 2 is 2.04 bits per heavy atom. The van der Waals surface area contributed by atoms with Gasteiger partial charge in [0.25, 0.3) is 5.69 Å². The van der Waals surface area contributed by atoms with Crippen molar-refractivity contribution in [3.63, 3.8) is 0 Å². The number of halogens is 1. The first-order valence-corrected chi connectivity index (χ1v) is 8.04. The van der Waals surface area contributed by atoms with E-state index in [1.165, 1.54) is 16.7 Å². The molecule has 0 N–H and O–H groups in total. The Morgan fingerprint density at radius 3 is 2.81 bits per heavy atom. The van der Waals surface area contributed by atoms with E-state index >= 15 is 0 Å². The molecule has 0 aliphatic rings. The van der Waals surface area contributed by atoms with Crippen molar-refractivity contribution in [2.24, 2.45) is 0 Å². The minimum atomic E-state index is -0.761. The molecule has 0 unspecified atom stereocenters. The number of para-hydroxylation sites is 2. The number of ether oxygens (including phenoxy) is 1. The normalized spacial score (nSPS) is 10.8. The van der Waals surface area contributed by atoms with Crippen LogP contribution >= 0.6 is 11.6 Å². The van der Waals surface area contributed by atoms with Gasteiger partial charge in [-0.25, -0.2) is 9.59 Å². The Balaban J connectivity index is 1.62. The summed E-state index contributed by atoms with van der Waals surface area (Å²) in [4.78, 5) is 34.1. The zero-order valence-electron chi connectivity index (χ0n) is 13.4. The molecule has 1 heterocycles. The summed E-state index contributed by atoms with van der Waals surface area (Å²) in [7, 11) is 0. The highest BCUT2D eigenvalue weighted by Gasteiger charge is 2.17. The minimum absolute atomic E-state index is 0.0177. The number of hydrogen-bond acceptors (Lipinski definition) is 6. The number of carbonyl (C=O) groups is 1. The lowest BCUT2D eigenvalue weighted by Crippen LogP contribution is -2.16. The van der Waals surface area contributed by atoms with Gasteiger partial charge in [0.05, 0.1) is 27.6 Å².